The first kappa shape index (κ1) is 23.8. The van der Waals surface area contributed by atoms with Gasteiger partial charge in [0.2, 0.25) is 15.8 Å². The summed E-state index contributed by atoms with van der Waals surface area (Å²) in [5.41, 5.74) is 1.26. The Balaban J connectivity index is 1.59. The van der Waals surface area contributed by atoms with Crippen molar-refractivity contribution in [2.75, 3.05) is 47.6 Å². The van der Waals surface area contributed by atoms with Crippen molar-refractivity contribution < 1.29 is 32.1 Å². The fraction of sp³-hybridized carbons (Fsp3) is 0.500. The Labute approximate surface area is 195 Å². The summed E-state index contributed by atoms with van der Waals surface area (Å²) < 4.78 is 56.9. The van der Waals surface area contributed by atoms with Gasteiger partial charge in [-0.3, -0.25) is 0 Å². The van der Waals surface area contributed by atoms with Crippen molar-refractivity contribution in [2.45, 2.75) is 36.4 Å². The van der Waals surface area contributed by atoms with Crippen LogP contribution in [-0.4, -0.2) is 66.0 Å². The number of morpholine rings is 1. The first-order valence-corrected chi connectivity index (χ1v) is 12.4. The van der Waals surface area contributed by atoms with Crippen LogP contribution in [-0.2, 0) is 19.5 Å². The molecule has 2 aromatic rings. The van der Waals surface area contributed by atoms with Crippen LogP contribution in [0.15, 0.2) is 41.3 Å². The van der Waals surface area contributed by atoms with E-state index in [1.807, 2.05) is 31.2 Å². The van der Waals surface area contributed by atoms with Crippen molar-refractivity contribution in [3.63, 3.8) is 0 Å². The summed E-state index contributed by atoms with van der Waals surface area (Å²) >= 11 is 0. The van der Waals surface area contributed by atoms with Gasteiger partial charge in [-0.05, 0) is 36.8 Å². The molecule has 2 aliphatic heterocycles. The van der Waals surface area contributed by atoms with Gasteiger partial charge in [-0.2, -0.15) is 4.31 Å². The maximum atomic E-state index is 13.3. The van der Waals surface area contributed by atoms with Crippen LogP contribution in [0, 0.1) is 6.92 Å². The molecule has 0 aliphatic carbocycles. The largest absolute Gasteiger partial charge is 0.493 e. The molecule has 9 heteroatoms. The molecule has 0 saturated carbocycles. The Morgan fingerprint density at radius 1 is 1.00 bits per heavy atom. The molecule has 33 heavy (non-hydrogen) atoms. The van der Waals surface area contributed by atoms with Gasteiger partial charge in [-0.1, -0.05) is 17.7 Å². The Kier molecular flexibility index (Phi) is 6.86. The van der Waals surface area contributed by atoms with Crippen molar-refractivity contribution >= 4 is 10.0 Å². The number of aryl methyl sites for hydroxylation is 1. The molecule has 2 atom stereocenters. The molecule has 1 spiro atoms. The Morgan fingerprint density at radius 2 is 1.67 bits per heavy atom. The van der Waals surface area contributed by atoms with Crippen molar-refractivity contribution in [1.29, 1.82) is 0 Å². The smallest absolute Gasteiger partial charge is 0.243 e. The molecule has 0 unspecified atom stereocenters. The minimum atomic E-state index is -3.61. The third kappa shape index (κ3) is 4.68. The van der Waals surface area contributed by atoms with Crippen molar-refractivity contribution in [3.05, 3.63) is 47.5 Å². The first-order valence-electron chi connectivity index (χ1n) is 10.9. The van der Waals surface area contributed by atoms with E-state index >= 15 is 0 Å². The molecule has 0 radical (unpaired) electrons. The second kappa shape index (κ2) is 9.50. The highest BCUT2D eigenvalue weighted by atomic mass is 32.2. The van der Waals surface area contributed by atoms with E-state index in [0.29, 0.717) is 54.7 Å². The predicted octanol–water partition coefficient (Wildman–Crippen LogP) is 3.33. The molecule has 2 heterocycles. The predicted molar refractivity (Wildman–Crippen MR) is 123 cm³/mol. The zero-order chi connectivity index (χ0) is 23.6. The lowest BCUT2D eigenvalue weighted by molar-refractivity contribution is -0.163. The van der Waals surface area contributed by atoms with Gasteiger partial charge in [0.05, 0.1) is 51.1 Å². The van der Waals surface area contributed by atoms with Crippen LogP contribution >= 0.6 is 0 Å². The topological polar surface area (TPSA) is 83.5 Å². The number of benzene rings is 2. The van der Waals surface area contributed by atoms with Crippen LogP contribution in [0.3, 0.4) is 0 Å². The monoisotopic (exact) mass is 477 g/mol. The summed E-state index contributed by atoms with van der Waals surface area (Å²) in [6.45, 7) is 3.35. The van der Waals surface area contributed by atoms with E-state index in [-0.39, 0.29) is 12.6 Å². The maximum Gasteiger partial charge on any atom is 0.243 e. The first-order chi connectivity index (χ1) is 15.8. The highest BCUT2D eigenvalue weighted by molar-refractivity contribution is 7.89. The van der Waals surface area contributed by atoms with E-state index in [9.17, 15) is 8.42 Å². The van der Waals surface area contributed by atoms with E-state index < -0.39 is 15.6 Å². The van der Waals surface area contributed by atoms with Gasteiger partial charge in [0.15, 0.2) is 11.5 Å². The van der Waals surface area contributed by atoms with Gasteiger partial charge < -0.3 is 23.7 Å². The SMILES string of the molecule is COc1cc([C@H]2C[C@@]3(CCO2)CN(S(=O)(=O)c2ccc(C)cc2)CCO3)cc(OC)c1OC. The highest BCUT2D eigenvalue weighted by Gasteiger charge is 2.45. The highest BCUT2D eigenvalue weighted by Crippen LogP contribution is 2.45. The summed E-state index contributed by atoms with van der Waals surface area (Å²) in [5, 5.41) is 0. The van der Waals surface area contributed by atoms with Crippen molar-refractivity contribution in [2.24, 2.45) is 0 Å². The third-order valence-electron chi connectivity index (χ3n) is 6.37. The van der Waals surface area contributed by atoms with Crippen LogP contribution in [0.25, 0.3) is 0 Å². The Bertz CT molecular complexity index is 1060. The van der Waals surface area contributed by atoms with Gasteiger partial charge >= 0.3 is 0 Å². The van der Waals surface area contributed by atoms with E-state index in [1.165, 1.54) is 0 Å². The maximum absolute atomic E-state index is 13.3. The van der Waals surface area contributed by atoms with Gasteiger partial charge in [-0.25, -0.2) is 8.42 Å². The molecular formula is C24H31NO7S. The zero-order valence-corrected chi connectivity index (χ0v) is 20.3. The molecule has 180 valence electrons. The van der Waals surface area contributed by atoms with Gasteiger partial charge in [0.25, 0.3) is 0 Å². The van der Waals surface area contributed by atoms with Gasteiger partial charge in [-0.15, -0.1) is 0 Å². The third-order valence-corrected chi connectivity index (χ3v) is 8.22. The van der Waals surface area contributed by atoms with Gasteiger partial charge in [0, 0.05) is 25.9 Å². The second-order valence-electron chi connectivity index (χ2n) is 8.46. The Morgan fingerprint density at radius 3 is 2.27 bits per heavy atom. The molecule has 2 aliphatic rings. The van der Waals surface area contributed by atoms with Crippen LogP contribution in [0.5, 0.6) is 17.2 Å². The molecule has 0 aromatic heterocycles. The summed E-state index contributed by atoms with van der Waals surface area (Å²) in [6.07, 6.45) is 0.842. The van der Waals surface area contributed by atoms with Gasteiger partial charge in [0.1, 0.15) is 0 Å². The van der Waals surface area contributed by atoms with Crippen LogP contribution in [0.1, 0.15) is 30.1 Å². The van der Waals surface area contributed by atoms with Crippen molar-refractivity contribution in [3.8, 4) is 17.2 Å². The minimum Gasteiger partial charge on any atom is -0.493 e. The number of hydrogen-bond acceptors (Lipinski definition) is 7. The summed E-state index contributed by atoms with van der Waals surface area (Å²) in [4.78, 5) is 0.304. The normalized spacial score (nSPS) is 23.9. The summed E-state index contributed by atoms with van der Waals surface area (Å²) in [5.74, 6) is 1.60. The molecule has 0 bridgehead atoms. The lowest BCUT2D eigenvalue weighted by Crippen LogP contribution is -2.56. The van der Waals surface area contributed by atoms with Crippen LogP contribution in [0.2, 0.25) is 0 Å². The van der Waals surface area contributed by atoms with E-state index in [2.05, 4.69) is 0 Å². The Hall–Kier alpha value is -2.33. The molecule has 0 amide bonds. The van der Waals surface area contributed by atoms with Crippen LogP contribution < -0.4 is 14.2 Å². The molecule has 2 fully saturated rings. The number of nitrogens with zero attached hydrogens (tertiary/aromatic N) is 1. The second-order valence-corrected chi connectivity index (χ2v) is 10.4. The van der Waals surface area contributed by atoms with Crippen molar-refractivity contribution in [1.82, 2.24) is 4.31 Å². The molecule has 8 nitrogen and oxygen atoms in total. The number of sulfonamides is 1. The van der Waals surface area contributed by atoms with Crippen LogP contribution in [0.4, 0.5) is 0 Å². The van der Waals surface area contributed by atoms with E-state index in [1.54, 1.807) is 37.8 Å². The quantitative estimate of drug-likeness (QED) is 0.631. The fourth-order valence-electron chi connectivity index (χ4n) is 4.54. The lowest BCUT2D eigenvalue weighted by Gasteiger charge is -2.46. The lowest BCUT2D eigenvalue weighted by atomic mass is 9.86. The summed E-state index contributed by atoms with van der Waals surface area (Å²) in [7, 11) is 1.09. The number of methoxy groups -OCH3 is 3. The molecule has 4 rings (SSSR count). The summed E-state index contributed by atoms with van der Waals surface area (Å²) in [6, 6.07) is 10.7. The molecule has 0 N–H and O–H groups in total. The number of rotatable bonds is 6. The standard InChI is InChI=1S/C24H31NO7S/c1-17-5-7-19(8-6-17)33(26,27)25-10-12-32-24(16-25)9-11-31-22(15-24)18-13-20(28-2)23(30-4)21(14-18)29-3/h5-8,13-14,22H,9-12,15-16H2,1-4H3/t22-,24+/m1/s1. The fourth-order valence-corrected chi connectivity index (χ4v) is 6.03. The van der Waals surface area contributed by atoms with E-state index in [4.69, 9.17) is 23.7 Å². The zero-order valence-electron chi connectivity index (χ0n) is 19.5. The molecule has 2 saturated heterocycles. The van der Waals surface area contributed by atoms with E-state index in [0.717, 1.165) is 11.1 Å². The average Bonchev–Trinajstić information content (AvgIpc) is 2.83. The number of ether oxygens (including phenoxy) is 5. The minimum absolute atomic E-state index is 0.285. The average molecular weight is 478 g/mol. The molecular weight excluding hydrogens is 446 g/mol. The molecule has 2 aromatic carbocycles. The number of hydrogen-bond donors (Lipinski definition) is 0.